The van der Waals surface area contributed by atoms with Gasteiger partial charge in [-0.3, -0.25) is 0 Å². The number of hydrogen-bond acceptors (Lipinski definition) is 0. The van der Waals surface area contributed by atoms with Gasteiger partial charge >= 0.3 is 0 Å². The minimum absolute atomic E-state index is 0.970. The van der Waals surface area contributed by atoms with E-state index in [2.05, 4.69) is 79.1 Å². The Kier molecular flexibility index (Phi) is 4.30. The second-order valence-corrected chi connectivity index (χ2v) is 4.77. The first-order chi connectivity index (χ1) is 8.75. The molecule has 0 radical (unpaired) electrons. The molecule has 0 atom stereocenters. The van der Waals surface area contributed by atoms with Crippen LogP contribution in [0.5, 0.6) is 0 Å². The third kappa shape index (κ3) is 3.56. The summed E-state index contributed by atoms with van der Waals surface area (Å²) in [5.41, 5.74) is 4.06. The molecular weight excluding hydrogens is 218 g/mol. The molecule has 2 aromatic rings. The summed E-state index contributed by atoms with van der Waals surface area (Å²) in [5.74, 6) is 0. The van der Waals surface area contributed by atoms with Gasteiger partial charge in [-0.1, -0.05) is 60.7 Å². The van der Waals surface area contributed by atoms with Gasteiger partial charge in [0.05, 0.1) is 0 Å². The highest BCUT2D eigenvalue weighted by molar-refractivity contribution is 5.73. The monoisotopic (exact) mass is 238 g/mol. The molecule has 1 heteroatoms. The van der Waals surface area contributed by atoms with Gasteiger partial charge in [-0.15, -0.1) is 0 Å². The summed E-state index contributed by atoms with van der Waals surface area (Å²) in [4.78, 5) is 0. The molecule has 0 N–H and O–H groups in total. The van der Waals surface area contributed by atoms with Crippen molar-refractivity contribution in [1.82, 2.24) is 0 Å². The maximum Gasteiger partial charge on any atom is 0.168 e. The molecule has 0 spiro atoms. The SMILES string of the molecule is CC(C)=[N+](Cc1ccccc1)Cc1ccccc1. The lowest BCUT2D eigenvalue weighted by Crippen LogP contribution is -2.16. The zero-order valence-electron chi connectivity index (χ0n) is 11.1. The van der Waals surface area contributed by atoms with Gasteiger partial charge in [0, 0.05) is 25.0 Å². The first kappa shape index (κ1) is 12.6. The van der Waals surface area contributed by atoms with Crippen LogP contribution in [0.3, 0.4) is 0 Å². The normalized spacial score (nSPS) is 10.1. The second-order valence-electron chi connectivity index (χ2n) is 4.77. The van der Waals surface area contributed by atoms with Gasteiger partial charge in [-0.2, -0.15) is 0 Å². The van der Waals surface area contributed by atoms with Crippen molar-refractivity contribution < 1.29 is 4.58 Å². The van der Waals surface area contributed by atoms with Gasteiger partial charge in [-0.25, -0.2) is 4.58 Å². The molecule has 0 aromatic heterocycles. The van der Waals surface area contributed by atoms with E-state index in [0.29, 0.717) is 0 Å². The topological polar surface area (TPSA) is 3.01 Å². The van der Waals surface area contributed by atoms with E-state index < -0.39 is 0 Å². The van der Waals surface area contributed by atoms with Gasteiger partial charge < -0.3 is 0 Å². The van der Waals surface area contributed by atoms with Crippen molar-refractivity contribution in [2.24, 2.45) is 0 Å². The Morgan fingerprint density at radius 1 is 0.722 bits per heavy atom. The quantitative estimate of drug-likeness (QED) is 0.562. The van der Waals surface area contributed by atoms with Crippen LogP contribution in [0, 0.1) is 0 Å². The zero-order valence-corrected chi connectivity index (χ0v) is 11.1. The van der Waals surface area contributed by atoms with Crippen LogP contribution >= 0.6 is 0 Å². The van der Waals surface area contributed by atoms with Crippen molar-refractivity contribution in [2.45, 2.75) is 26.9 Å². The van der Waals surface area contributed by atoms with Crippen LogP contribution in [-0.4, -0.2) is 10.3 Å². The van der Waals surface area contributed by atoms with Crippen molar-refractivity contribution in [3.05, 3.63) is 71.8 Å². The van der Waals surface area contributed by atoms with Crippen LogP contribution in [0.2, 0.25) is 0 Å². The van der Waals surface area contributed by atoms with Crippen molar-refractivity contribution >= 4 is 5.71 Å². The van der Waals surface area contributed by atoms with E-state index in [4.69, 9.17) is 0 Å². The predicted molar refractivity (Wildman–Crippen MR) is 76.9 cm³/mol. The lowest BCUT2D eigenvalue weighted by atomic mass is 10.2. The van der Waals surface area contributed by atoms with E-state index >= 15 is 0 Å². The maximum atomic E-state index is 2.41. The zero-order chi connectivity index (χ0) is 12.8. The smallest absolute Gasteiger partial charge is 0.168 e. The summed E-state index contributed by atoms with van der Waals surface area (Å²) in [6.07, 6.45) is 0. The summed E-state index contributed by atoms with van der Waals surface area (Å²) in [5, 5.41) is 0. The fourth-order valence-electron chi connectivity index (χ4n) is 1.98. The van der Waals surface area contributed by atoms with Crippen molar-refractivity contribution in [1.29, 1.82) is 0 Å². The Morgan fingerprint density at radius 3 is 1.44 bits per heavy atom. The molecule has 0 saturated carbocycles. The second kappa shape index (κ2) is 6.15. The van der Waals surface area contributed by atoms with Crippen LogP contribution in [0.15, 0.2) is 60.7 Å². The Labute approximate surface area is 109 Å². The van der Waals surface area contributed by atoms with E-state index in [1.165, 1.54) is 16.8 Å². The van der Waals surface area contributed by atoms with E-state index in [-0.39, 0.29) is 0 Å². The first-order valence-electron chi connectivity index (χ1n) is 6.38. The average Bonchev–Trinajstić information content (AvgIpc) is 2.40. The molecule has 0 heterocycles. The van der Waals surface area contributed by atoms with E-state index in [0.717, 1.165) is 13.1 Å². The molecule has 0 saturated heterocycles. The summed E-state index contributed by atoms with van der Waals surface area (Å²) in [6, 6.07) is 21.2. The van der Waals surface area contributed by atoms with Crippen LogP contribution in [0.4, 0.5) is 0 Å². The molecule has 2 aromatic carbocycles. The van der Waals surface area contributed by atoms with E-state index in [1.54, 1.807) is 0 Å². The molecule has 0 bridgehead atoms. The summed E-state index contributed by atoms with van der Waals surface area (Å²) < 4.78 is 2.41. The molecular formula is C17H20N+. The highest BCUT2D eigenvalue weighted by Crippen LogP contribution is 2.06. The van der Waals surface area contributed by atoms with Gasteiger partial charge in [0.2, 0.25) is 0 Å². The van der Waals surface area contributed by atoms with Gasteiger partial charge in [0.15, 0.2) is 13.1 Å². The highest BCUT2D eigenvalue weighted by Gasteiger charge is 2.09. The lowest BCUT2D eigenvalue weighted by molar-refractivity contribution is -0.560. The molecule has 0 aliphatic carbocycles. The fraction of sp³-hybridized carbons (Fsp3) is 0.235. The molecule has 18 heavy (non-hydrogen) atoms. The standard InChI is InChI=1S/C17H20N/c1-15(2)18(13-16-9-5-3-6-10-16)14-17-11-7-4-8-12-17/h3-12H,13-14H2,1-2H3/q+1. The Bertz CT molecular complexity index is 464. The molecule has 0 amide bonds. The van der Waals surface area contributed by atoms with Gasteiger partial charge in [0.1, 0.15) is 5.71 Å². The maximum absolute atomic E-state index is 2.41. The fourth-order valence-corrected chi connectivity index (χ4v) is 1.98. The molecule has 1 nitrogen and oxygen atoms in total. The third-order valence-electron chi connectivity index (χ3n) is 3.06. The Morgan fingerprint density at radius 2 is 1.11 bits per heavy atom. The molecule has 0 aliphatic heterocycles. The summed E-state index contributed by atoms with van der Waals surface area (Å²) >= 11 is 0. The molecule has 0 unspecified atom stereocenters. The van der Waals surface area contributed by atoms with Crippen LogP contribution < -0.4 is 0 Å². The van der Waals surface area contributed by atoms with Crippen LogP contribution in [0.25, 0.3) is 0 Å². The molecule has 0 aliphatic rings. The number of hydrogen-bond donors (Lipinski definition) is 0. The minimum Gasteiger partial charge on any atom is -0.229 e. The van der Waals surface area contributed by atoms with Crippen LogP contribution in [0.1, 0.15) is 25.0 Å². The number of nitrogens with zero attached hydrogens (tertiary/aromatic N) is 1. The third-order valence-corrected chi connectivity index (χ3v) is 3.06. The Hall–Kier alpha value is -1.89. The highest BCUT2D eigenvalue weighted by atomic mass is 15.0. The number of benzene rings is 2. The number of rotatable bonds is 4. The summed E-state index contributed by atoms with van der Waals surface area (Å²) in [7, 11) is 0. The van der Waals surface area contributed by atoms with E-state index in [9.17, 15) is 0 Å². The van der Waals surface area contributed by atoms with Crippen molar-refractivity contribution in [3.63, 3.8) is 0 Å². The first-order valence-corrected chi connectivity index (χ1v) is 6.38. The predicted octanol–water partition coefficient (Wildman–Crippen LogP) is 3.88. The van der Waals surface area contributed by atoms with Gasteiger partial charge in [0.25, 0.3) is 0 Å². The lowest BCUT2D eigenvalue weighted by Gasteiger charge is -2.06. The molecule has 2 rings (SSSR count). The largest absolute Gasteiger partial charge is 0.229 e. The van der Waals surface area contributed by atoms with Crippen molar-refractivity contribution in [3.8, 4) is 0 Å². The van der Waals surface area contributed by atoms with Crippen molar-refractivity contribution in [2.75, 3.05) is 0 Å². The summed E-state index contributed by atoms with van der Waals surface area (Å²) in [6.45, 7) is 6.29. The minimum atomic E-state index is 0.970. The van der Waals surface area contributed by atoms with E-state index in [1.807, 2.05) is 0 Å². The average molecular weight is 238 g/mol. The molecule has 0 fully saturated rings. The van der Waals surface area contributed by atoms with Gasteiger partial charge in [-0.05, 0) is 0 Å². The Balaban J connectivity index is 2.14. The van der Waals surface area contributed by atoms with Crippen LogP contribution in [-0.2, 0) is 13.1 Å². The molecule has 92 valence electrons.